The maximum absolute atomic E-state index is 5.81. The Morgan fingerprint density at radius 1 is 1.50 bits per heavy atom. The van der Waals surface area contributed by atoms with Gasteiger partial charge in [0, 0.05) is 23.5 Å². The number of nitrogens with one attached hydrogen (secondary N) is 1. The Balaban J connectivity index is 3.19. The first-order valence-electron chi connectivity index (χ1n) is 4.80. The van der Waals surface area contributed by atoms with E-state index in [0.29, 0.717) is 0 Å². The van der Waals surface area contributed by atoms with Gasteiger partial charge in [0.05, 0.1) is 11.3 Å². The quantitative estimate of drug-likeness (QED) is 0.664. The van der Waals surface area contributed by atoms with Gasteiger partial charge < -0.3 is 11.1 Å². The van der Waals surface area contributed by atoms with Crippen molar-refractivity contribution in [1.29, 1.82) is 0 Å². The maximum atomic E-state index is 5.81. The molecule has 0 aliphatic carbocycles. The summed E-state index contributed by atoms with van der Waals surface area (Å²) in [5.41, 5.74) is 9.49. The van der Waals surface area contributed by atoms with E-state index in [-0.39, 0.29) is 5.54 Å². The van der Waals surface area contributed by atoms with Crippen molar-refractivity contribution in [2.24, 2.45) is 10.7 Å². The van der Waals surface area contributed by atoms with Crippen LogP contribution in [-0.2, 0) is 0 Å². The molecule has 0 aromatic carbocycles. The summed E-state index contributed by atoms with van der Waals surface area (Å²) in [7, 11) is 0. The minimum absolute atomic E-state index is 0.102. The fourth-order valence-electron chi connectivity index (χ4n) is 1.58. The SMILES string of the molecule is C=C(C)N=C1C(=C(C)N)CNC1(C)C. The zero-order chi connectivity index (χ0) is 10.9. The number of aliphatic imine (C=N–C) groups is 1. The van der Waals surface area contributed by atoms with E-state index in [1.165, 1.54) is 0 Å². The lowest BCUT2D eigenvalue weighted by Gasteiger charge is -2.19. The Hall–Kier alpha value is -1.09. The molecule has 3 N–H and O–H groups in total. The molecule has 78 valence electrons. The molecule has 1 aliphatic rings. The van der Waals surface area contributed by atoms with Gasteiger partial charge in [0.1, 0.15) is 0 Å². The van der Waals surface area contributed by atoms with Crippen molar-refractivity contribution in [3.63, 3.8) is 0 Å². The summed E-state index contributed by atoms with van der Waals surface area (Å²) >= 11 is 0. The number of rotatable bonds is 1. The van der Waals surface area contributed by atoms with Crippen molar-refractivity contribution >= 4 is 5.71 Å². The third-order valence-corrected chi connectivity index (χ3v) is 2.36. The molecule has 0 saturated carbocycles. The van der Waals surface area contributed by atoms with E-state index in [9.17, 15) is 0 Å². The summed E-state index contributed by atoms with van der Waals surface area (Å²) in [6.45, 7) is 12.6. The van der Waals surface area contributed by atoms with Gasteiger partial charge in [-0.25, -0.2) is 0 Å². The van der Waals surface area contributed by atoms with Gasteiger partial charge in [-0.1, -0.05) is 6.58 Å². The Morgan fingerprint density at radius 3 is 2.50 bits per heavy atom. The first-order chi connectivity index (χ1) is 6.34. The monoisotopic (exact) mass is 193 g/mol. The maximum Gasteiger partial charge on any atom is 0.0663 e. The summed E-state index contributed by atoms with van der Waals surface area (Å²) in [4.78, 5) is 4.45. The van der Waals surface area contributed by atoms with E-state index < -0.39 is 0 Å². The predicted molar refractivity (Wildman–Crippen MR) is 61.2 cm³/mol. The minimum atomic E-state index is -0.102. The number of nitrogens with zero attached hydrogens (tertiary/aromatic N) is 1. The van der Waals surface area contributed by atoms with E-state index >= 15 is 0 Å². The summed E-state index contributed by atoms with van der Waals surface area (Å²) in [5, 5.41) is 3.37. The lowest BCUT2D eigenvalue weighted by molar-refractivity contribution is 0.569. The Kier molecular flexibility index (Phi) is 2.81. The van der Waals surface area contributed by atoms with Gasteiger partial charge in [0.2, 0.25) is 0 Å². The van der Waals surface area contributed by atoms with Crippen LogP contribution in [0.25, 0.3) is 0 Å². The van der Waals surface area contributed by atoms with Crippen LogP contribution >= 0.6 is 0 Å². The van der Waals surface area contributed by atoms with Crippen LogP contribution in [0.1, 0.15) is 27.7 Å². The van der Waals surface area contributed by atoms with Crippen molar-refractivity contribution in [2.75, 3.05) is 6.54 Å². The fourth-order valence-corrected chi connectivity index (χ4v) is 1.58. The largest absolute Gasteiger partial charge is 0.402 e. The van der Waals surface area contributed by atoms with Gasteiger partial charge in [0.15, 0.2) is 0 Å². The Bertz CT molecular complexity index is 317. The number of hydrogen-bond donors (Lipinski definition) is 2. The average molecular weight is 193 g/mol. The van der Waals surface area contributed by atoms with E-state index in [2.05, 4.69) is 30.7 Å². The second-order valence-corrected chi connectivity index (χ2v) is 4.34. The van der Waals surface area contributed by atoms with E-state index in [0.717, 1.165) is 29.2 Å². The van der Waals surface area contributed by atoms with Crippen molar-refractivity contribution < 1.29 is 0 Å². The fraction of sp³-hybridized carbons (Fsp3) is 0.545. The predicted octanol–water partition coefficient (Wildman–Crippen LogP) is 1.58. The number of allylic oxidation sites excluding steroid dienone is 2. The third kappa shape index (κ3) is 2.04. The summed E-state index contributed by atoms with van der Waals surface area (Å²) in [6, 6.07) is 0. The van der Waals surface area contributed by atoms with Crippen LogP contribution < -0.4 is 11.1 Å². The lowest BCUT2D eigenvalue weighted by atomic mass is 9.96. The molecule has 0 unspecified atom stereocenters. The summed E-state index contributed by atoms with van der Waals surface area (Å²) in [6.07, 6.45) is 0. The summed E-state index contributed by atoms with van der Waals surface area (Å²) in [5.74, 6) is 0. The van der Waals surface area contributed by atoms with E-state index in [1.54, 1.807) is 0 Å². The number of nitrogens with two attached hydrogens (primary N) is 1. The zero-order valence-electron chi connectivity index (χ0n) is 9.44. The van der Waals surface area contributed by atoms with Gasteiger partial charge >= 0.3 is 0 Å². The molecule has 0 amide bonds. The molecule has 1 fully saturated rings. The molecule has 1 rings (SSSR count). The molecule has 0 atom stereocenters. The van der Waals surface area contributed by atoms with Gasteiger partial charge in [-0.15, -0.1) is 0 Å². The van der Waals surface area contributed by atoms with Gasteiger partial charge in [-0.2, -0.15) is 0 Å². The molecule has 3 nitrogen and oxygen atoms in total. The highest BCUT2D eigenvalue weighted by molar-refractivity contribution is 6.09. The van der Waals surface area contributed by atoms with Gasteiger partial charge in [-0.05, 0) is 27.7 Å². The molecule has 0 aromatic rings. The first-order valence-corrected chi connectivity index (χ1v) is 4.80. The van der Waals surface area contributed by atoms with Crippen molar-refractivity contribution in [3.8, 4) is 0 Å². The normalized spacial score (nSPS) is 26.7. The second-order valence-electron chi connectivity index (χ2n) is 4.34. The highest BCUT2D eigenvalue weighted by Crippen LogP contribution is 2.22. The lowest BCUT2D eigenvalue weighted by Crippen LogP contribution is -2.38. The van der Waals surface area contributed by atoms with Crippen LogP contribution in [0.3, 0.4) is 0 Å². The van der Waals surface area contributed by atoms with Crippen LogP contribution in [0.15, 0.2) is 28.5 Å². The average Bonchev–Trinajstić information content (AvgIpc) is 2.26. The molecule has 1 saturated heterocycles. The highest BCUT2D eigenvalue weighted by atomic mass is 15.0. The van der Waals surface area contributed by atoms with Gasteiger partial charge in [-0.3, -0.25) is 4.99 Å². The molecule has 0 bridgehead atoms. The molecule has 0 spiro atoms. The Labute approximate surface area is 85.8 Å². The second kappa shape index (κ2) is 3.58. The van der Waals surface area contributed by atoms with Crippen LogP contribution in [0.2, 0.25) is 0 Å². The van der Waals surface area contributed by atoms with Crippen molar-refractivity contribution in [2.45, 2.75) is 33.2 Å². The van der Waals surface area contributed by atoms with Crippen LogP contribution in [-0.4, -0.2) is 17.8 Å². The van der Waals surface area contributed by atoms with Gasteiger partial charge in [0.25, 0.3) is 0 Å². The molecule has 1 aliphatic heterocycles. The minimum Gasteiger partial charge on any atom is -0.402 e. The smallest absolute Gasteiger partial charge is 0.0663 e. The van der Waals surface area contributed by atoms with Crippen molar-refractivity contribution in [1.82, 2.24) is 5.32 Å². The topological polar surface area (TPSA) is 50.4 Å². The molecular weight excluding hydrogens is 174 g/mol. The highest BCUT2D eigenvalue weighted by Gasteiger charge is 2.34. The van der Waals surface area contributed by atoms with Crippen LogP contribution in [0.5, 0.6) is 0 Å². The molecule has 1 heterocycles. The molecule has 14 heavy (non-hydrogen) atoms. The summed E-state index contributed by atoms with van der Waals surface area (Å²) < 4.78 is 0. The van der Waals surface area contributed by atoms with Crippen LogP contribution in [0, 0.1) is 0 Å². The number of hydrogen-bond acceptors (Lipinski definition) is 3. The standard InChI is InChI=1S/C11H19N3/c1-7(2)14-10-9(8(3)12)6-13-11(10,4)5/h13H,1,6,12H2,2-5H3. The van der Waals surface area contributed by atoms with Crippen molar-refractivity contribution in [3.05, 3.63) is 23.5 Å². The zero-order valence-corrected chi connectivity index (χ0v) is 9.44. The molecule has 0 aromatic heterocycles. The molecule has 0 radical (unpaired) electrons. The third-order valence-electron chi connectivity index (χ3n) is 2.36. The first kappa shape index (κ1) is 11.0. The van der Waals surface area contributed by atoms with E-state index in [4.69, 9.17) is 5.73 Å². The van der Waals surface area contributed by atoms with Crippen LogP contribution in [0.4, 0.5) is 0 Å². The molecular formula is C11H19N3. The Morgan fingerprint density at radius 2 is 2.07 bits per heavy atom. The molecule has 3 heteroatoms. The van der Waals surface area contributed by atoms with E-state index in [1.807, 2.05) is 13.8 Å².